The number of aromatic nitrogens is 3. The van der Waals surface area contributed by atoms with Crippen molar-refractivity contribution in [3.63, 3.8) is 0 Å². The lowest BCUT2D eigenvalue weighted by Crippen LogP contribution is -2.41. The number of nitrogens with one attached hydrogen (secondary N) is 2. The molecule has 0 unspecified atom stereocenters. The lowest BCUT2D eigenvalue weighted by molar-refractivity contribution is 0.0913. The Morgan fingerprint density at radius 2 is 2.19 bits per heavy atom. The lowest BCUT2D eigenvalue weighted by Gasteiger charge is -2.23. The number of rotatable bonds is 3. The molecule has 3 aromatic heterocycles. The Bertz CT molecular complexity index is 770. The van der Waals surface area contributed by atoms with Gasteiger partial charge in [-0.1, -0.05) is 0 Å². The van der Waals surface area contributed by atoms with Crippen LogP contribution in [0.5, 0.6) is 0 Å². The number of aryl methyl sites for hydroxylation is 1. The molecule has 0 spiro atoms. The largest absolute Gasteiger partial charge is 0.344 e. The van der Waals surface area contributed by atoms with Gasteiger partial charge in [0, 0.05) is 18.1 Å². The number of amides is 1. The minimum absolute atomic E-state index is 0.114. The average Bonchev–Trinajstić information content (AvgIpc) is 3.04. The first-order chi connectivity index (χ1) is 9.95. The highest BCUT2D eigenvalue weighted by molar-refractivity contribution is 7.20. The molecule has 3 heterocycles. The van der Waals surface area contributed by atoms with Gasteiger partial charge in [0.15, 0.2) is 0 Å². The number of H-pyrrole nitrogens is 1. The summed E-state index contributed by atoms with van der Waals surface area (Å²) < 4.78 is 1.01. The zero-order valence-corrected chi connectivity index (χ0v) is 12.9. The van der Waals surface area contributed by atoms with E-state index in [4.69, 9.17) is 0 Å². The zero-order valence-electron chi connectivity index (χ0n) is 12.1. The predicted molar refractivity (Wildman–Crippen MR) is 83.4 cm³/mol. The molecule has 6 heteroatoms. The van der Waals surface area contributed by atoms with Gasteiger partial charge < -0.3 is 10.3 Å². The maximum absolute atomic E-state index is 12.4. The molecule has 108 valence electrons. The van der Waals surface area contributed by atoms with Crippen molar-refractivity contribution in [1.82, 2.24) is 20.3 Å². The number of imidazole rings is 1. The third-order valence-corrected chi connectivity index (χ3v) is 4.32. The molecule has 3 aromatic rings. The van der Waals surface area contributed by atoms with E-state index in [-0.39, 0.29) is 5.91 Å². The van der Waals surface area contributed by atoms with Crippen LogP contribution in [0.4, 0.5) is 0 Å². The van der Waals surface area contributed by atoms with Gasteiger partial charge in [-0.3, -0.25) is 9.78 Å². The molecule has 0 radical (unpaired) electrons. The van der Waals surface area contributed by atoms with Crippen molar-refractivity contribution in [2.75, 3.05) is 0 Å². The topological polar surface area (TPSA) is 70.7 Å². The van der Waals surface area contributed by atoms with Gasteiger partial charge in [0.1, 0.15) is 5.82 Å². The fraction of sp³-hybridized carbons (Fsp3) is 0.267. The second-order valence-corrected chi connectivity index (χ2v) is 6.58. The van der Waals surface area contributed by atoms with Gasteiger partial charge in [-0.05, 0) is 39.0 Å². The Balaban J connectivity index is 1.85. The van der Waals surface area contributed by atoms with Crippen molar-refractivity contribution in [2.45, 2.75) is 26.3 Å². The van der Waals surface area contributed by atoms with Gasteiger partial charge >= 0.3 is 0 Å². The monoisotopic (exact) mass is 300 g/mol. The van der Waals surface area contributed by atoms with E-state index in [0.29, 0.717) is 4.88 Å². The van der Waals surface area contributed by atoms with Crippen LogP contribution in [0.3, 0.4) is 0 Å². The van der Waals surface area contributed by atoms with E-state index in [2.05, 4.69) is 20.3 Å². The SMILES string of the molecule is Cc1cnc(C(C)(C)NC(=O)c2cc3ncccc3s2)[nH]1. The number of aromatic amines is 1. The molecule has 0 aliphatic carbocycles. The number of pyridine rings is 1. The quantitative estimate of drug-likeness (QED) is 0.781. The molecule has 0 aliphatic heterocycles. The number of thiophene rings is 1. The van der Waals surface area contributed by atoms with Crippen LogP contribution in [0, 0.1) is 6.92 Å². The van der Waals surface area contributed by atoms with Crippen molar-refractivity contribution >= 4 is 27.5 Å². The highest BCUT2D eigenvalue weighted by Crippen LogP contribution is 2.25. The molecule has 0 saturated heterocycles. The van der Waals surface area contributed by atoms with Crippen LogP contribution in [0.1, 0.15) is 35.0 Å². The van der Waals surface area contributed by atoms with Crippen molar-refractivity contribution in [1.29, 1.82) is 0 Å². The first-order valence-corrected chi connectivity index (χ1v) is 7.46. The second-order valence-electron chi connectivity index (χ2n) is 5.49. The van der Waals surface area contributed by atoms with E-state index in [1.165, 1.54) is 11.3 Å². The summed E-state index contributed by atoms with van der Waals surface area (Å²) >= 11 is 1.44. The molecule has 3 rings (SSSR count). The third kappa shape index (κ3) is 2.67. The highest BCUT2D eigenvalue weighted by atomic mass is 32.1. The van der Waals surface area contributed by atoms with Crippen LogP contribution in [-0.2, 0) is 5.54 Å². The molecule has 21 heavy (non-hydrogen) atoms. The Kier molecular flexibility index (Phi) is 3.25. The van der Waals surface area contributed by atoms with Gasteiger partial charge in [-0.25, -0.2) is 4.98 Å². The summed E-state index contributed by atoms with van der Waals surface area (Å²) in [5.41, 5.74) is 1.26. The van der Waals surface area contributed by atoms with E-state index in [1.807, 2.05) is 39.0 Å². The summed E-state index contributed by atoms with van der Waals surface area (Å²) in [6, 6.07) is 5.65. The molecular formula is C15H16N4OS. The van der Waals surface area contributed by atoms with Crippen LogP contribution in [0.25, 0.3) is 10.2 Å². The molecule has 0 atom stereocenters. The van der Waals surface area contributed by atoms with Crippen molar-refractivity contribution in [2.24, 2.45) is 0 Å². The van der Waals surface area contributed by atoms with E-state index >= 15 is 0 Å². The number of hydrogen-bond donors (Lipinski definition) is 2. The highest BCUT2D eigenvalue weighted by Gasteiger charge is 2.27. The smallest absolute Gasteiger partial charge is 0.262 e. The van der Waals surface area contributed by atoms with E-state index in [1.54, 1.807) is 12.4 Å². The van der Waals surface area contributed by atoms with E-state index in [0.717, 1.165) is 21.7 Å². The van der Waals surface area contributed by atoms with E-state index in [9.17, 15) is 4.79 Å². The lowest BCUT2D eigenvalue weighted by atomic mass is 10.0. The third-order valence-electron chi connectivity index (χ3n) is 3.23. The zero-order chi connectivity index (χ0) is 15.0. The summed E-state index contributed by atoms with van der Waals surface area (Å²) in [6.07, 6.45) is 3.49. The summed E-state index contributed by atoms with van der Waals surface area (Å²) in [7, 11) is 0. The molecular weight excluding hydrogens is 284 g/mol. The summed E-state index contributed by atoms with van der Waals surface area (Å²) in [5, 5.41) is 3.01. The van der Waals surface area contributed by atoms with Crippen LogP contribution in [-0.4, -0.2) is 20.9 Å². The fourth-order valence-corrected chi connectivity index (χ4v) is 3.03. The predicted octanol–water partition coefficient (Wildman–Crippen LogP) is 2.99. The summed E-state index contributed by atoms with van der Waals surface area (Å²) in [5.74, 6) is 0.629. The summed E-state index contributed by atoms with van der Waals surface area (Å²) in [4.78, 5) is 24.8. The maximum Gasteiger partial charge on any atom is 0.262 e. The maximum atomic E-state index is 12.4. The van der Waals surface area contributed by atoms with Gasteiger partial charge in [-0.2, -0.15) is 0 Å². The van der Waals surface area contributed by atoms with Crippen LogP contribution < -0.4 is 5.32 Å². The number of hydrogen-bond acceptors (Lipinski definition) is 4. The Hall–Kier alpha value is -2.21. The van der Waals surface area contributed by atoms with Crippen molar-refractivity contribution in [3.05, 3.63) is 47.0 Å². The minimum Gasteiger partial charge on any atom is -0.344 e. The van der Waals surface area contributed by atoms with Crippen LogP contribution in [0.15, 0.2) is 30.6 Å². The number of fused-ring (bicyclic) bond motifs is 1. The molecule has 2 N–H and O–H groups in total. The molecule has 0 fully saturated rings. The van der Waals surface area contributed by atoms with Crippen molar-refractivity contribution < 1.29 is 4.79 Å². The Labute approximate surface area is 126 Å². The molecule has 5 nitrogen and oxygen atoms in total. The minimum atomic E-state index is -0.561. The van der Waals surface area contributed by atoms with E-state index < -0.39 is 5.54 Å². The van der Waals surface area contributed by atoms with Crippen molar-refractivity contribution in [3.8, 4) is 0 Å². The van der Waals surface area contributed by atoms with Gasteiger partial charge in [0.05, 0.1) is 20.6 Å². The average molecular weight is 300 g/mol. The Morgan fingerprint density at radius 1 is 1.38 bits per heavy atom. The number of nitrogens with zero attached hydrogens (tertiary/aromatic N) is 2. The first-order valence-electron chi connectivity index (χ1n) is 6.65. The molecule has 1 amide bonds. The normalized spacial score (nSPS) is 11.8. The molecule has 0 saturated carbocycles. The van der Waals surface area contributed by atoms with Gasteiger partial charge in [-0.15, -0.1) is 11.3 Å². The van der Waals surface area contributed by atoms with Crippen LogP contribution in [0.2, 0.25) is 0 Å². The molecule has 0 aromatic carbocycles. The Morgan fingerprint density at radius 3 is 2.86 bits per heavy atom. The number of carbonyl (C=O) groups excluding carboxylic acids is 1. The molecule has 0 aliphatic rings. The first kappa shape index (κ1) is 13.8. The van der Waals surface area contributed by atoms with Gasteiger partial charge in [0.25, 0.3) is 5.91 Å². The standard InChI is InChI=1S/C15H16N4OS/c1-9-8-17-14(18-9)15(2,3)19-13(20)12-7-10-11(21-12)5-4-6-16-10/h4-8H,1-3H3,(H,17,18)(H,19,20). The summed E-state index contributed by atoms with van der Waals surface area (Å²) in [6.45, 7) is 5.79. The van der Waals surface area contributed by atoms with Gasteiger partial charge in [0.2, 0.25) is 0 Å². The fourth-order valence-electron chi connectivity index (χ4n) is 2.12. The second kappa shape index (κ2) is 4.96. The molecule has 0 bridgehead atoms. The van der Waals surface area contributed by atoms with Crippen LogP contribution >= 0.6 is 11.3 Å². The number of carbonyl (C=O) groups is 1.